The number of hydrogen-bond donors (Lipinski definition) is 2. The molecule has 0 saturated heterocycles. The van der Waals surface area contributed by atoms with Crippen molar-refractivity contribution in [2.45, 2.75) is 13.0 Å². The highest BCUT2D eigenvalue weighted by Gasteiger charge is 2.07. The number of aromatic amines is 1. The number of benzene rings is 1. The van der Waals surface area contributed by atoms with Gasteiger partial charge in [0.15, 0.2) is 4.77 Å². The van der Waals surface area contributed by atoms with Crippen molar-refractivity contribution in [2.24, 2.45) is 0 Å². The predicted octanol–water partition coefficient (Wildman–Crippen LogP) is 2.75. The summed E-state index contributed by atoms with van der Waals surface area (Å²) in [6.07, 6.45) is 2.33. The highest BCUT2D eigenvalue weighted by atomic mass is 35.5. The summed E-state index contributed by atoms with van der Waals surface area (Å²) in [5.74, 6) is 0.646. The first-order chi connectivity index (χ1) is 10.1. The zero-order valence-electron chi connectivity index (χ0n) is 11.3. The molecule has 0 aliphatic rings. The Balaban J connectivity index is 1.92. The number of nitrogens with one attached hydrogen (secondary N) is 2. The zero-order valence-corrected chi connectivity index (χ0v) is 12.9. The van der Waals surface area contributed by atoms with Crippen LogP contribution in [0.3, 0.4) is 0 Å². The summed E-state index contributed by atoms with van der Waals surface area (Å²) in [5, 5.41) is 10.3. The third-order valence-electron chi connectivity index (χ3n) is 2.89. The molecule has 21 heavy (non-hydrogen) atoms. The van der Waals surface area contributed by atoms with Gasteiger partial charge in [-0.15, -0.1) is 6.58 Å². The fourth-order valence-electron chi connectivity index (χ4n) is 1.85. The number of hydrogen-bond acceptors (Lipinski definition) is 3. The Morgan fingerprint density at radius 2 is 2.19 bits per heavy atom. The Morgan fingerprint density at radius 3 is 2.86 bits per heavy atom. The van der Waals surface area contributed by atoms with Gasteiger partial charge in [-0.2, -0.15) is 5.10 Å². The van der Waals surface area contributed by atoms with Crippen LogP contribution in [0.1, 0.15) is 16.2 Å². The lowest BCUT2D eigenvalue weighted by Crippen LogP contribution is -2.26. The first-order valence-electron chi connectivity index (χ1n) is 6.40. The van der Waals surface area contributed by atoms with Crippen LogP contribution in [0.15, 0.2) is 36.9 Å². The molecule has 5 nitrogen and oxygen atoms in total. The molecular weight excluding hydrogens is 308 g/mol. The molecule has 1 heterocycles. The molecule has 0 aliphatic carbocycles. The maximum Gasteiger partial charge on any atom is 0.251 e. The largest absolute Gasteiger partial charge is 0.352 e. The number of allylic oxidation sites excluding steroid dienone is 1. The molecule has 2 N–H and O–H groups in total. The lowest BCUT2D eigenvalue weighted by atomic mass is 10.2. The topological polar surface area (TPSA) is 62.7 Å². The van der Waals surface area contributed by atoms with Gasteiger partial charge < -0.3 is 9.88 Å². The van der Waals surface area contributed by atoms with E-state index in [1.165, 1.54) is 0 Å². The van der Waals surface area contributed by atoms with E-state index in [4.69, 9.17) is 23.8 Å². The van der Waals surface area contributed by atoms with Gasteiger partial charge in [-0.05, 0) is 36.5 Å². The Kier molecular flexibility index (Phi) is 5.30. The van der Waals surface area contributed by atoms with E-state index >= 15 is 0 Å². The quantitative estimate of drug-likeness (QED) is 0.635. The van der Waals surface area contributed by atoms with Gasteiger partial charge in [0.2, 0.25) is 0 Å². The SMILES string of the molecule is C=CCn1c(CCNC(=O)c2ccc(Cl)cc2)n[nH]c1=S. The molecule has 0 radical (unpaired) electrons. The third kappa shape index (κ3) is 4.03. The van der Waals surface area contributed by atoms with Crippen molar-refractivity contribution >= 4 is 29.7 Å². The van der Waals surface area contributed by atoms with Crippen molar-refractivity contribution in [3.05, 3.63) is 58.1 Å². The van der Waals surface area contributed by atoms with Crippen LogP contribution in [-0.2, 0) is 13.0 Å². The number of aromatic nitrogens is 3. The number of nitrogens with zero attached hydrogens (tertiary/aromatic N) is 2. The first-order valence-corrected chi connectivity index (χ1v) is 7.19. The van der Waals surface area contributed by atoms with Crippen LogP contribution >= 0.6 is 23.8 Å². The molecule has 0 fully saturated rings. The first kappa shape index (κ1) is 15.5. The molecule has 1 amide bonds. The second kappa shape index (κ2) is 7.19. The summed E-state index contributed by atoms with van der Waals surface area (Å²) in [5.41, 5.74) is 0.573. The average molecular weight is 323 g/mol. The predicted molar refractivity (Wildman–Crippen MR) is 85.1 cm³/mol. The lowest BCUT2D eigenvalue weighted by molar-refractivity contribution is 0.0954. The Labute approximate surface area is 132 Å². The van der Waals surface area contributed by atoms with Gasteiger partial charge in [-0.1, -0.05) is 17.7 Å². The van der Waals surface area contributed by atoms with Crippen LogP contribution in [0.25, 0.3) is 0 Å². The van der Waals surface area contributed by atoms with Gasteiger partial charge in [-0.3, -0.25) is 9.89 Å². The second-order valence-electron chi connectivity index (χ2n) is 4.36. The van der Waals surface area contributed by atoms with Gasteiger partial charge in [0.1, 0.15) is 5.82 Å². The number of halogens is 1. The van der Waals surface area contributed by atoms with Crippen molar-refractivity contribution in [3.63, 3.8) is 0 Å². The molecule has 2 rings (SSSR count). The number of H-pyrrole nitrogens is 1. The summed E-state index contributed by atoms with van der Waals surface area (Å²) in [7, 11) is 0. The van der Waals surface area contributed by atoms with Gasteiger partial charge in [0.05, 0.1) is 0 Å². The van der Waals surface area contributed by atoms with Crippen molar-refractivity contribution in [1.29, 1.82) is 0 Å². The van der Waals surface area contributed by atoms with E-state index in [-0.39, 0.29) is 5.91 Å². The van der Waals surface area contributed by atoms with Crippen LogP contribution in [0.4, 0.5) is 0 Å². The number of carbonyl (C=O) groups is 1. The molecule has 7 heteroatoms. The molecule has 0 saturated carbocycles. The van der Waals surface area contributed by atoms with Gasteiger partial charge in [0.25, 0.3) is 5.91 Å². The molecule has 0 unspecified atom stereocenters. The minimum Gasteiger partial charge on any atom is -0.352 e. The van der Waals surface area contributed by atoms with Crippen molar-refractivity contribution in [3.8, 4) is 0 Å². The molecule has 1 aromatic heterocycles. The van der Waals surface area contributed by atoms with Crippen LogP contribution in [0.5, 0.6) is 0 Å². The van der Waals surface area contributed by atoms with Crippen LogP contribution < -0.4 is 5.32 Å². The number of carbonyl (C=O) groups excluding carboxylic acids is 1. The highest BCUT2D eigenvalue weighted by Crippen LogP contribution is 2.09. The molecule has 1 aromatic carbocycles. The van der Waals surface area contributed by atoms with Crippen molar-refractivity contribution in [2.75, 3.05) is 6.54 Å². The van der Waals surface area contributed by atoms with Crippen molar-refractivity contribution < 1.29 is 4.79 Å². The summed E-state index contributed by atoms with van der Waals surface area (Å²) < 4.78 is 2.39. The van der Waals surface area contributed by atoms with Gasteiger partial charge in [0, 0.05) is 30.1 Å². The van der Waals surface area contributed by atoms with Crippen LogP contribution in [-0.4, -0.2) is 27.2 Å². The molecule has 0 spiro atoms. The molecular formula is C14H15ClN4OS. The smallest absolute Gasteiger partial charge is 0.251 e. The maximum atomic E-state index is 11.9. The monoisotopic (exact) mass is 322 g/mol. The maximum absolute atomic E-state index is 11.9. The highest BCUT2D eigenvalue weighted by molar-refractivity contribution is 7.71. The normalized spacial score (nSPS) is 10.3. The summed E-state index contributed by atoms with van der Waals surface area (Å²) in [4.78, 5) is 11.9. The Bertz CT molecular complexity index is 690. The fraction of sp³-hybridized carbons (Fsp3) is 0.214. The van der Waals surface area contributed by atoms with Crippen LogP contribution in [0.2, 0.25) is 5.02 Å². The summed E-state index contributed by atoms with van der Waals surface area (Å²) >= 11 is 10.9. The zero-order chi connectivity index (χ0) is 15.2. The minimum absolute atomic E-state index is 0.143. The molecule has 110 valence electrons. The molecule has 0 bridgehead atoms. The van der Waals surface area contributed by atoms with E-state index in [1.807, 2.05) is 4.57 Å². The Hall–Kier alpha value is -1.92. The molecule has 0 aliphatic heterocycles. The summed E-state index contributed by atoms with van der Waals surface area (Å²) in [6, 6.07) is 6.74. The number of rotatable bonds is 6. The van der Waals surface area contributed by atoms with E-state index < -0.39 is 0 Å². The standard InChI is InChI=1S/C14H15ClN4OS/c1-2-9-19-12(17-18-14(19)21)7-8-16-13(20)10-3-5-11(15)6-4-10/h2-6H,1,7-9H2,(H,16,20)(H,18,21). The minimum atomic E-state index is -0.143. The van der Waals surface area contributed by atoms with Crippen molar-refractivity contribution in [1.82, 2.24) is 20.1 Å². The molecule has 2 aromatic rings. The number of amides is 1. The van der Waals surface area contributed by atoms with Crippen LogP contribution in [0, 0.1) is 4.77 Å². The average Bonchev–Trinajstić information content (AvgIpc) is 2.81. The van der Waals surface area contributed by atoms with E-state index in [9.17, 15) is 4.79 Å². The fourth-order valence-corrected chi connectivity index (χ4v) is 2.20. The Morgan fingerprint density at radius 1 is 1.48 bits per heavy atom. The lowest BCUT2D eigenvalue weighted by Gasteiger charge is -2.06. The van der Waals surface area contributed by atoms with E-state index in [1.54, 1.807) is 30.3 Å². The summed E-state index contributed by atoms with van der Waals surface area (Å²) in [6.45, 7) is 4.75. The van der Waals surface area contributed by atoms with Gasteiger partial charge in [-0.25, -0.2) is 0 Å². The van der Waals surface area contributed by atoms with E-state index in [2.05, 4.69) is 22.1 Å². The molecule has 0 atom stereocenters. The second-order valence-corrected chi connectivity index (χ2v) is 5.18. The third-order valence-corrected chi connectivity index (χ3v) is 3.45. The van der Waals surface area contributed by atoms with E-state index in [0.717, 1.165) is 5.82 Å². The van der Waals surface area contributed by atoms with Gasteiger partial charge >= 0.3 is 0 Å². The van der Waals surface area contributed by atoms with E-state index in [0.29, 0.717) is 34.9 Å².